The van der Waals surface area contributed by atoms with Gasteiger partial charge in [-0.3, -0.25) is 9.89 Å². The van der Waals surface area contributed by atoms with Gasteiger partial charge in [-0.15, -0.1) is 24.0 Å². The molecule has 10 heteroatoms. The van der Waals surface area contributed by atoms with Gasteiger partial charge < -0.3 is 14.8 Å². The van der Waals surface area contributed by atoms with Gasteiger partial charge in [0.25, 0.3) is 0 Å². The van der Waals surface area contributed by atoms with Gasteiger partial charge in [0.15, 0.2) is 5.96 Å². The number of aromatic nitrogens is 2. The number of imidazole rings is 1. The number of hydrogen-bond donors (Lipinski definition) is 1. The molecule has 2 rings (SSSR count). The molecule has 1 aromatic heterocycles. The fourth-order valence-corrected chi connectivity index (χ4v) is 2.59. The van der Waals surface area contributed by atoms with Crippen LogP contribution < -0.4 is 5.32 Å². The van der Waals surface area contributed by atoms with Crippen LogP contribution in [-0.4, -0.2) is 70.8 Å². The summed E-state index contributed by atoms with van der Waals surface area (Å²) in [7, 11) is 3.58. The highest BCUT2D eigenvalue weighted by molar-refractivity contribution is 14.0. The molecule has 1 aliphatic rings. The minimum Gasteiger partial charge on any atom is -0.349 e. The molecule has 0 saturated carbocycles. The van der Waals surface area contributed by atoms with E-state index in [1.165, 1.54) is 11.8 Å². The molecule has 2 heterocycles. The van der Waals surface area contributed by atoms with Gasteiger partial charge in [0.1, 0.15) is 11.9 Å². The van der Waals surface area contributed by atoms with E-state index < -0.39 is 12.2 Å². The number of halogens is 4. The number of rotatable bonds is 3. The van der Waals surface area contributed by atoms with E-state index >= 15 is 0 Å². The van der Waals surface area contributed by atoms with Crippen molar-refractivity contribution in [2.45, 2.75) is 25.7 Å². The Morgan fingerprint density at radius 1 is 1.33 bits per heavy atom. The van der Waals surface area contributed by atoms with Crippen LogP contribution in [0.2, 0.25) is 0 Å². The van der Waals surface area contributed by atoms with Crippen molar-refractivity contribution >= 4 is 29.9 Å². The molecule has 0 aliphatic carbocycles. The monoisotopic (exact) mass is 460 g/mol. The molecule has 1 unspecified atom stereocenters. The minimum atomic E-state index is -4.18. The molecule has 0 amide bonds. The second-order valence-corrected chi connectivity index (χ2v) is 5.60. The number of hydrogen-bond acceptors (Lipinski definition) is 3. The Morgan fingerprint density at radius 2 is 1.96 bits per heavy atom. The molecule has 1 atom stereocenters. The van der Waals surface area contributed by atoms with Gasteiger partial charge in [-0.2, -0.15) is 13.2 Å². The van der Waals surface area contributed by atoms with Gasteiger partial charge in [0.2, 0.25) is 0 Å². The molecule has 0 spiro atoms. The van der Waals surface area contributed by atoms with E-state index in [9.17, 15) is 13.2 Å². The molecule has 0 aromatic carbocycles. The number of nitrogens with one attached hydrogen (secondary N) is 1. The largest absolute Gasteiger partial charge is 0.403 e. The first-order chi connectivity index (χ1) is 10.8. The number of alkyl halides is 3. The summed E-state index contributed by atoms with van der Waals surface area (Å²) in [6.45, 7) is 3.49. The summed E-state index contributed by atoms with van der Waals surface area (Å²) in [4.78, 5) is 11.9. The van der Waals surface area contributed by atoms with Gasteiger partial charge in [-0.05, 0) is 6.92 Å². The first-order valence-electron chi connectivity index (χ1n) is 7.55. The zero-order chi connectivity index (χ0) is 17.0. The van der Waals surface area contributed by atoms with Crippen LogP contribution in [0.4, 0.5) is 13.2 Å². The Kier molecular flexibility index (Phi) is 7.77. The molecule has 1 saturated heterocycles. The van der Waals surface area contributed by atoms with Crippen LogP contribution in [0.5, 0.6) is 0 Å². The van der Waals surface area contributed by atoms with E-state index in [0.717, 1.165) is 5.82 Å². The lowest BCUT2D eigenvalue weighted by Crippen LogP contribution is -2.56. The zero-order valence-corrected chi connectivity index (χ0v) is 16.4. The zero-order valence-electron chi connectivity index (χ0n) is 14.0. The highest BCUT2D eigenvalue weighted by atomic mass is 127. The molecule has 1 N–H and O–H groups in total. The Labute approximate surface area is 157 Å². The second-order valence-electron chi connectivity index (χ2n) is 5.60. The third kappa shape index (κ3) is 5.23. The summed E-state index contributed by atoms with van der Waals surface area (Å²) in [5.41, 5.74) is 0. The van der Waals surface area contributed by atoms with Crippen LogP contribution in [-0.2, 0) is 13.6 Å². The quantitative estimate of drug-likeness (QED) is 0.424. The van der Waals surface area contributed by atoms with Crippen molar-refractivity contribution in [1.82, 2.24) is 24.7 Å². The molecule has 138 valence electrons. The minimum absolute atomic E-state index is 0. The average Bonchev–Trinajstić information content (AvgIpc) is 2.92. The summed E-state index contributed by atoms with van der Waals surface area (Å²) in [6.07, 6.45) is -0.603. The third-order valence-electron chi connectivity index (χ3n) is 4.17. The first kappa shape index (κ1) is 21.0. The van der Waals surface area contributed by atoms with E-state index in [2.05, 4.69) is 15.3 Å². The fraction of sp³-hybridized carbons (Fsp3) is 0.714. The summed E-state index contributed by atoms with van der Waals surface area (Å²) in [5.74, 6) is 1.56. The first-order valence-corrected chi connectivity index (χ1v) is 7.55. The number of guanidine groups is 1. The predicted octanol–water partition coefficient (Wildman–Crippen LogP) is 1.68. The van der Waals surface area contributed by atoms with Crippen LogP contribution in [0.3, 0.4) is 0 Å². The van der Waals surface area contributed by atoms with Crippen molar-refractivity contribution in [3.8, 4) is 0 Å². The smallest absolute Gasteiger partial charge is 0.349 e. The van der Waals surface area contributed by atoms with Gasteiger partial charge in [0, 0.05) is 52.7 Å². The van der Waals surface area contributed by atoms with E-state index in [1.807, 2.05) is 22.7 Å². The number of piperazine rings is 1. The van der Waals surface area contributed by atoms with Gasteiger partial charge >= 0.3 is 6.18 Å². The molecular formula is C14H24F3IN6. The summed E-state index contributed by atoms with van der Waals surface area (Å²) >= 11 is 0. The lowest BCUT2D eigenvalue weighted by Gasteiger charge is -2.39. The normalized spacial score (nSPS) is 18.2. The summed E-state index contributed by atoms with van der Waals surface area (Å²) < 4.78 is 40.2. The number of nitrogens with zero attached hydrogens (tertiary/aromatic N) is 5. The molecule has 6 nitrogen and oxygen atoms in total. The number of aliphatic imine (C=N–C) groups is 1. The maximum Gasteiger partial charge on any atom is 0.403 e. The summed E-state index contributed by atoms with van der Waals surface area (Å²) in [5, 5.41) is 3.21. The average molecular weight is 460 g/mol. The Morgan fingerprint density at radius 3 is 2.42 bits per heavy atom. The predicted molar refractivity (Wildman–Crippen MR) is 97.5 cm³/mol. The maximum atomic E-state index is 12.8. The van der Waals surface area contributed by atoms with Crippen LogP contribution in [0.25, 0.3) is 0 Å². The van der Waals surface area contributed by atoms with Crippen molar-refractivity contribution in [2.24, 2.45) is 12.0 Å². The van der Waals surface area contributed by atoms with Gasteiger partial charge in [0.05, 0.1) is 6.54 Å². The molecule has 1 aromatic rings. The van der Waals surface area contributed by atoms with Crippen LogP contribution in [0, 0.1) is 0 Å². The lowest BCUT2D eigenvalue weighted by molar-refractivity contribution is -0.181. The Balaban J connectivity index is 0.00000288. The van der Waals surface area contributed by atoms with Gasteiger partial charge in [-0.1, -0.05) is 0 Å². The van der Waals surface area contributed by atoms with Crippen molar-refractivity contribution in [3.05, 3.63) is 18.2 Å². The topological polar surface area (TPSA) is 48.7 Å². The highest BCUT2D eigenvalue weighted by Gasteiger charge is 2.41. The molecule has 0 bridgehead atoms. The maximum absolute atomic E-state index is 12.8. The molecule has 24 heavy (non-hydrogen) atoms. The van der Waals surface area contributed by atoms with Crippen LogP contribution in [0.15, 0.2) is 17.4 Å². The van der Waals surface area contributed by atoms with Crippen molar-refractivity contribution < 1.29 is 13.2 Å². The fourth-order valence-electron chi connectivity index (χ4n) is 2.59. The molecular weight excluding hydrogens is 436 g/mol. The SMILES string of the molecule is CN=C(NCc1nccn1C)N1CCN(C(C)C(F)(F)F)CC1.I. The van der Waals surface area contributed by atoms with Crippen molar-refractivity contribution in [1.29, 1.82) is 0 Å². The summed E-state index contributed by atoms with van der Waals surface area (Å²) in [6, 6.07) is -1.41. The Bertz CT molecular complexity index is 537. The van der Waals surface area contributed by atoms with E-state index in [1.54, 1.807) is 13.2 Å². The highest BCUT2D eigenvalue weighted by Crippen LogP contribution is 2.25. The van der Waals surface area contributed by atoms with E-state index in [0.29, 0.717) is 38.7 Å². The Hall–Kier alpha value is -1.04. The number of aryl methyl sites for hydroxylation is 1. The second kappa shape index (κ2) is 8.88. The van der Waals surface area contributed by atoms with Crippen molar-refractivity contribution in [3.63, 3.8) is 0 Å². The molecule has 1 aliphatic heterocycles. The molecule has 0 radical (unpaired) electrons. The molecule has 1 fully saturated rings. The van der Waals surface area contributed by atoms with Crippen molar-refractivity contribution in [2.75, 3.05) is 33.2 Å². The van der Waals surface area contributed by atoms with Gasteiger partial charge in [-0.25, -0.2) is 4.98 Å². The van der Waals surface area contributed by atoms with Crippen LogP contribution in [0.1, 0.15) is 12.7 Å². The lowest BCUT2D eigenvalue weighted by atomic mass is 10.2. The third-order valence-corrected chi connectivity index (χ3v) is 4.17. The van der Waals surface area contributed by atoms with E-state index in [4.69, 9.17) is 0 Å². The van der Waals surface area contributed by atoms with E-state index in [-0.39, 0.29) is 24.0 Å². The standard InChI is InChI=1S/C14H23F3N6.HI/c1-11(14(15,16)17)22-6-8-23(9-7-22)13(18-2)20-10-12-19-4-5-21(12)3;/h4-5,11H,6-10H2,1-3H3,(H,18,20);1H. The van der Waals surface area contributed by atoms with Crippen LogP contribution >= 0.6 is 24.0 Å².